The predicted octanol–water partition coefficient (Wildman–Crippen LogP) is 3.90. The van der Waals surface area contributed by atoms with Gasteiger partial charge < -0.3 is 15.5 Å². The maximum Gasteiger partial charge on any atom is 0.0716 e. The third-order valence-electron chi connectivity index (χ3n) is 4.09. The largest absolute Gasteiger partial charge is 0.389 e. The van der Waals surface area contributed by atoms with Gasteiger partial charge in [-0.15, -0.1) is 26.3 Å². The van der Waals surface area contributed by atoms with E-state index in [0.29, 0.717) is 25.7 Å². The van der Waals surface area contributed by atoms with E-state index in [4.69, 9.17) is 0 Å². The molecule has 0 fully saturated rings. The van der Waals surface area contributed by atoms with Gasteiger partial charge in [-0.2, -0.15) is 0 Å². The molecule has 0 aliphatic carbocycles. The lowest BCUT2D eigenvalue weighted by Gasteiger charge is -2.26. The third-order valence-corrected chi connectivity index (χ3v) is 4.09. The van der Waals surface area contributed by atoms with E-state index in [0.717, 1.165) is 38.8 Å². The van der Waals surface area contributed by atoms with E-state index in [1.54, 1.807) is 24.3 Å². The van der Waals surface area contributed by atoms with Crippen LogP contribution in [-0.4, -0.2) is 34.5 Å². The first-order valence-electron chi connectivity index (χ1n) is 8.54. The second-order valence-corrected chi connectivity index (χ2v) is 6.38. The van der Waals surface area contributed by atoms with Crippen molar-refractivity contribution in [1.82, 2.24) is 5.32 Å². The predicted molar refractivity (Wildman–Crippen MR) is 100 cm³/mol. The molecule has 0 heterocycles. The molecular formula is C20H35NO2. The maximum absolute atomic E-state index is 10.4. The van der Waals surface area contributed by atoms with Crippen molar-refractivity contribution in [3.8, 4) is 0 Å². The van der Waals surface area contributed by atoms with Crippen molar-refractivity contribution in [2.45, 2.75) is 62.6 Å². The second kappa shape index (κ2) is 12.3. The van der Waals surface area contributed by atoms with Gasteiger partial charge >= 0.3 is 0 Å². The molecule has 0 aliphatic rings. The van der Waals surface area contributed by atoms with E-state index in [2.05, 4.69) is 31.6 Å². The van der Waals surface area contributed by atoms with Gasteiger partial charge in [0.05, 0.1) is 11.2 Å². The highest BCUT2D eigenvalue weighted by Crippen LogP contribution is 2.23. The van der Waals surface area contributed by atoms with Crippen LogP contribution in [0, 0.1) is 0 Å². The van der Waals surface area contributed by atoms with Crippen LogP contribution in [0.2, 0.25) is 0 Å². The van der Waals surface area contributed by atoms with Gasteiger partial charge in [0.15, 0.2) is 0 Å². The van der Waals surface area contributed by atoms with E-state index in [9.17, 15) is 10.2 Å². The number of hydrogen-bond acceptors (Lipinski definition) is 3. The Labute approximate surface area is 142 Å². The van der Waals surface area contributed by atoms with Crippen LogP contribution in [-0.2, 0) is 0 Å². The third kappa shape index (κ3) is 10.3. The molecule has 0 aliphatic heterocycles. The molecule has 3 nitrogen and oxygen atoms in total. The lowest BCUT2D eigenvalue weighted by atomic mass is 9.90. The summed E-state index contributed by atoms with van der Waals surface area (Å²) in [6.45, 7) is 16.5. The standard InChI is InChI=1S/C20H35NO2/c1-5-11-19(22,12-6-2)15-9-17-21-18-10-16-20(23,13-7-3)14-8-4/h5-8,21-23H,1-4,9-18H2. The topological polar surface area (TPSA) is 52.5 Å². The van der Waals surface area contributed by atoms with Crippen molar-refractivity contribution in [3.63, 3.8) is 0 Å². The SMILES string of the molecule is C=CCC(O)(CC=C)CCCNCCCC(O)(CC=C)CC=C. The summed E-state index contributed by atoms with van der Waals surface area (Å²) < 4.78 is 0. The van der Waals surface area contributed by atoms with Crippen LogP contribution < -0.4 is 5.32 Å². The average molecular weight is 322 g/mol. The Morgan fingerprint density at radius 2 is 0.957 bits per heavy atom. The van der Waals surface area contributed by atoms with E-state index in [1.807, 2.05) is 0 Å². The Kier molecular flexibility index (Phi) is 11.7. The van der Waals surface area contributed by atoms with Gasteiger partial charge in [0, 0.05) is 0 Å². The molecule has 0 rings (SSSR count). The minimum Gasteiger partial charge on any atom is -0.389 e. The summed E-state index contributed by atoms with van der Waals surface area (Å²) in [5, 5.41) is 24.2. The zero-order chi connectivity index (χ0) is 17.6. The summed E-state index contributed by atoms with van der Waals surface area (Å²) in [6.07, 6.45) is 12.7. The van der Waals surface area contributed by atoms with E-state index in [1.165, 1.54) is 0 Å². The monoisotopic (exact) mass is 321 g/mol. The molecule has 0 aromatic carbocycles. The van der Waals surface area contributed by atoms with Gasteiger partial charge in [-0.3, -0.25) is 0 Å². The summed E-state index contributed by atoms with van der Waals surface area (Å²) in [5.74, 6) is 0. The fraction of sp³-hybridized carbons (Fsp3) is 0.600. The highest BCUT2D eigenvalue weighted by Gasteiger charge is 2.23. The Balaban J connectivity index is 3.91. The normalized spacial score (nSPS) is 11.9. The highest BCUT2D eigenvalue weighted by molar-refractivity contribution is 4.93. The molecule has 0 bridgehead atoms. The molecule has 0 amide bonds. The smallest absolute Gasteiger partial charge is 0.0716 e. The van der Waals surface area contributed by atoms with Crippen molar-refractivity contribution >= 4 is 0 Å². The molecule has 0 unspecified atom stereocenters. The van der Waals surface area contributed by atoms with Gasteiger partial charge in [-0.25, -0.2) is 0 Å². The zero-order valence-electron chi connectivity index (χ0n) is 14.6. The Bertz CT molecular complexity index is 309. The maximum atomic E-state index is 10.4. The summed E-state index contributed by atoms with van der Waals surface area (Å²) in [4.78, 5) is 0. The van der Waals surface area contributed by atoms with Crippen molar-refractivity contribution in [3.05, 3.63) is 50.6 Å². The summed E-state index contributed by atoms with van der Waals surface area (Å²) in [7, 11) is 0. The summed E-state index contributed by atoms with van der Waals surface area (Å²) >= 11 is 0. The van der Waals surface area contributed by atoms with Crippen LogP contribution >= 0.6 is 0 Å². The zero-order valence-corrected chi connectivity index (χ0v) is 14.6. The minimum absolute atomic E-state index is 0.592. The molecule has 3 heteroatoms. The molecule has 0 aromatic rings. The van der Waals surface area contributed by atoms with Gasteiger partial charge in [0.2, 0.25) is 0 Å². The van der Waals surface area contributed by atoms with Crippen molar-refractivity contribution in [1.29, 1.82) is 0 Å². The lowest BCUT2D eigenvalue weighted by Crippen LogP contribution is -2.30. The van der Waals surface area contributed by atoms with E-state index >= 15 is 0 Å². The quantitative estimate of drug-likeness (QED) is 0.298. The molecule has 0 atom stereocenters. The average Bonchev–Trinajstić information content (AvgIpc) is 2.47. The van der Waals surface area contributed by atoms with Crippen LogP contribution in [0.4, 0.5) is 0 Å². The molecule has 3 N–H and O–H groups in total. The lowest BCUT2D eigenvalue weighted by molar-refractivity contribution is 0.0342. The first-order valence-corrected chi connectivity index (χ1v) is 8.54. The van der Waals surface area contributed by atoms with Gasteiger partial charge in [0.1, 0.15) is 0 Å². The molecule has 23 heavy (non-hydrogen) atoms. The van der Waals surface area contributed by atoms with Crippen LogP contribution in [0.1, 0.15) is 51.4 Å². The van der Waals surface area contributed by atoms with Crippen molar-refractivity contribution in [2.75, 3.05) is 13.1 Å². The Morgan fingerprint density at radius 3 is 1.22 bits per heavy atom. The van der Waals surface area contributed by atoms with Crippen LogP contribution in [0.15, 0.2) is 50.6 Å². The number of rotatable bonds is 16. The summed E-state index contributed by atoms with van der Waals surface area (Å²) in [5.41, 5.74) is -1.42. The molecular weight excluding hydrogens is 286 g/mol. The highest BCUT2D eigenvalue weighted by atomic mass is 16.3. The molecule has 132 valence electrons. The minimum atomic E-state index is -0.709. The molecule has 0 aromatic heterocycles. The first-order chi connectivity index (χ1) is 10.9. The first kappa shape index (κ1) is 21.8. The van der Waals surface area contributed by atoms with Crippen LogP contribution in [0.3, 0.4) is 0 Å². The van der Waals surface area contributed by atoms with E-state index in [-0.39, 0.29) is 0 Å². The van der Waals surface area contributed by atoms with Gasteiger partial charge in [-0.05, 0) is 64.5 Å². The molecule has 0 saturated carbocycles. The van der Waals surface area contributed by atoms with Gasteiger partial charge in [-0.1, -0.05) is 24.3 Å². The molecule has 0 spiro atoms. The fourth-order valence-electron chi connectivity index (χ4n) is 2.86. The fourth-order valence-corrected chi connectivity index (χ4v) is 2.86. The number of hydrogen-bond donors (Lipinski definition) is 3. The van der Waals surface area contributed by atoms with E-state index < -0.39 is 11.2 Å². The second-order valence-electron chi connectivity index (χ2n) is 6.38. The van der Waals surface area contributed by atoms with Crippen LogP contribution in [0.5, 0.6) is 0 Å². The Hall–Kier alpha value is -1.16. The molecule has 0 saturated heterocycles. The van der Waals surface area contributed by atoms with Crippen LogP contribution in [0.25, 0.3) is 0 Å². The number of nitrogens with one attached hydrogen (secondary N) is 1. The van der Waals surface area contributed by atoms with Crippen molar-refractivity contribution in [2.24, 2.45) is 0 Å². The van der Waals surface area contributed by atoms with Gasteiger partial charge in [0.25, 0.3) is 0 Å². The Morgan fingerprint density at radius 1 is 0.652 bits per heavy atom. The van der Waals surface area contributed by atoms with Crippen molar-refractivity contribution < 1.29 is 10.2 Å². The summed E-state index contributed by atoms with van der Waals surface area (Å²) in [6, 6.07) is 0. The number of aliphatic hydroxyl groups is 2. The molecule has 0 radical (unpaired) electrons.